The van der Waals surface area contributed by atoms with Crippen LogP contribution >= 0.6 is 11.6 Å². The molecule has 1 fully saturated rings. The zero-order valence-corrected chi connectivity index (χ0v) is 59.7. The molecule has 0 bridgehead atoms. The fourth-order valence-electron chi connectivity index (χ4n) is 11.7. The molecule has 1 aromatic heterocycles. The number of nitrogens with two attached hydrogens (primary N) is 4. The standard InChI is InChI=1S/C72H94ClN17O15/c1-41(2)33-54(64(98)85-53(15-9-31-80-72(76)77)70(104)90-32-10-16-59(90)69(103)81-39-61(94)95)86-63(97)52(27-28-60(93)47-21-25-50(105-4)26-22-47)84-62(96)51(14-8-30-79-71(74)75)83-68(102)58(40-91)89-67(101)57(37-45-11-7-29-78-38-45)88-66(100)56(35-43-18-23-49(73)24-19-43)87-65(99)55(82-42(3)92)36-44-17-20-46-12-5-6-13-48(46)34-44/h5-7,11-13,17-26,29,34,38,41,51-59,91H,8-10,14-16,27-28,30-33,35-37,39-40H2,1-4H3,(H,81,103)(H,82,92)(H,83,102)(H,84,96)(H,85,98)(H,86,97)(H,87,99)(H,88,100)(H,89,101)(H,94,95)(H4,74,75,79)(H4,76,77,80)/t51-,52+,53-,54-,55+,56+,57+,58-,59-/m0/s1. The van der Waals surface area contributed by atoms with Gasteiger partial charge >= 0.3 is 5.97 Å². The summed E-state index contributed by atoms with van der Waals surface area (Å²) in [4.78, 5) is 182. The van der Waals surface area contributed by atoms with Crippen molar-refractivity contribution in [1.29, 1.82) is 0 Å². The first-order valence-corrected chi connectivity index (χ1v) is 34.7. The lowest BCUT2D eigenvalue weighted by Gasteiger charge is -2.30. The number of aromatic nitrogens is 1. The van der Waals surface area contributed by atoms with Crippen LogP contribution in [0.2, 0.25) is 5.02 Å². The van der Waals surface area contributed by atoms with Crippen LogP contribution < -0.4 is 75.5 Å². The molecule has 0 unspecified atom stereocenters. The number of carboxylic acid groups (broad SMARTS) is 1. The van der Waals surface area contributed by atoms with Crippen molar-refractivity contribution in [2.45, 2.75) is 152 Å². The van der Waals surface area contributed by atoms with Crippen molar-refractivity contribution >= 4 is 105 Å². The quantitative estimate of drug-likeness (QED) is 0.0104. The Hall–Kier alpha value is -11.3. The first-order valence-electron chi connectivity index (χ1n) is 34.3. The first kappa shape index (κ1) is 82.7. The number of carbonyl (C=O) groups excluding carboxylic acids is 11. The van der Waals surface area contributed by atoms with Crippen molar-refractivity contribution in [2.75, 3.05) is 39.9 Å². The van der Waals surface area contributed by atoms with Crippen molar-refractivity contribution < 1.29 is 72.5 Å². The van der Waals surface area contributed by atoms with E-state index >= 15 is 0 Å². The second kappa shape index (κ2) is 41.7. The Kier molecular flexibility index (Phi) is 32.9. The average molecular weight is 1470 g/mol. The predicted octanol–water partition coefficient (Wildman–Crippen LogP) is -0.177. The van der Waals surface area contributed by atoms with Gasteiger partial charge in [0.25, 0.3) is 0 Å². The number of hydrogen-bond donors (Lipinski definition) is 15. The number of likely N-dealkylation sites (tertiary alicyclic amines) is 1. The van der Waals surface area contributed by atoms with Crippen LogP contribution in [0.3, 0.4) is 0 Å². The second-order valence-electron chi connectivity index (χ2n) is 25.7. The molecule has 32 nitrogen and oxygen atoms in total. The number of rotatable bonds is 41. The summed E-state index contributed by atoms with van der Waals surface area (Å²) in [6.07, 6.45) is 2.02. The molecule has 1 saturated heterocycles. The van der Waals surface area contributed by atoms with Crippen LogP contribution in [0.1, 0.15) is 106 Å². The van der Waals surface area contributed by atoms with Crippen molar-refractivity contribution in [1.82, 2.24) is 57.7 Å². The fraction of sp³-hybridized carbons (Fsp3) is 0.431. The van der Waals surface area contributed by atoms with Crippen LogP contribution in [-0.4, -0.2) is 197 Å². The molecule has 10 amide bonds. The Morgan fingerprint density at radius 1 is 0.590 bits per heavy atom. The van der Waals surface area contributed by atoms with E-state index in [4.69, 9.17) is 39.3 Å². The first-order chi connectivity index (χ1) is 50.1. The minimum Gasteiger partial charge on any atom is -0.497 e. The van der Waals surface area contributed by atoms with Crippen molar-refractivity contribution in [3.63, 3.8) is 0 Å². The second-order valence-corrected chi connectivity index (χ2v) is 26.1. The molecule has 19 N–H and O–H groups in total. The topological polar surface area (TPSA) is 508 Å². The van der Waals surface area contributed by atoms with Gasteiger partial charge in [-0.3, -0.25) is 72.5 Å². The Bertz CT molecular complexity index is 3900. The maximum absolute atomic E-state index is 14.9. The number of guanidine groups is 2. The molecule has 6 rings (SSSR count). The third kappa shape index (κ3) is 27.5. The highest BCUT2D eigenvalue weighted by atomic mass is 35.5. The van der Waals surface area contributed by atoms with Crippen molar-refractivity contribution in [3.8, 4) is 5.75 Å². The average Bonchev–Trinajstić information content (AvgIpc) is 1.80. The van der Waals surface area contributed by atoms with E-state index in [9.17, 15) is 67.7 Å². The lowest BCUT2D eigenvalue weighted by molar-refractivity contribution is -0.143. The molecule has 33 heteroatoms. The number of carbonyl (C=O) groups is 12. The number of nitrogens with one attached hydrogen (secondary N) is 9. The number of aliphatic hydroxyl groups excluding tert-OH is 1. The molecule has 564 valence electrons. The number of Topliss-reactive ketones (excluding diaryl/α,β-unsaturated/α-hetero) is 1. The molecular formula is C72H94ClN17O15. The molecule has 9 atom stereocenters. The number of aliphatic imine (C=N–C) groups is 2. The molecule has 0 aliphatic carbocycles. The number of ether oxygens (including phenoxy) is 1. The largest absolute Gasteiger partial charge is 0.497 e. The predicted molar refractivity (Wildman–Crippen MR) is 390 cm³/mol. The smallest absolute Gasteiger partial charge is 0.322 e. The van der Waals surface area contributed by atoms with E-state index in [0.717, 1.165) is 10.8 Å². The van der Waals surface area contributed by atoms with E-state index in [1.165, 1.54) is 43.5 Å². The summed E-state index contributed by atoms with van der Waals surface area (Å²) in [5.41, 5.74) is 24.2. The van der Waals surface area contributed by atoms with E-state index in [-0.39, 0.29) is 107 Å². The minimum atomic E-state index is -1.86. The number of benzene rings is 4. The SMILES string of the molecule is COc1ccc(C(=O)CC[C@@H](NC(=O)[C@H](CCCN=C(N)N)NC(=O)[C@H](CO)NC(=O)[C@@H](Cc2cccnc2)NC(=O)[C@@H](Cc2ccc(Cl)cc2)NC(=O)[C@@H](Cc2ccc3ccccc3c2)NC(C)=O)C(=O)N[C@@H](CC(C)C)C(=O)N[C@@H](CCCN=C(N)N)C(=O)N2CCC[C@H]2C(=O)NCC(=O)O)cc1. The van der Waals surface area contributed by atoms with Gasteiger partial charge in [-0.1, -0.05) is 86.1 Å². The van der Waals surface area contributed by atoms with Crippen LogP contribution in [-0.2, 0) is 72.0 Å². The molecule has 2 heterocycles. The maximum atomic E-state index is 14.9. The summed E-state index contributed by atoms with van der Waals surface area (Å²) in [7, 11) is 1.44. The van der Waals surface area contributed by atoms with Gasteiger partial charge in [0.05, 0.1) is 13.7 Å². The van der Waals surface area contributed by atoms with Gasteiger partial charge in [-0.15, -0.1) is 0 Å². The Balaban J connectivity index is 1.27. The summed E-state index contributed by atoms with van der Waals surface area (Å²) >= 11 is 6.23. The molecule has 0 saturated carbocycles. The van der Waals surface area contributed by atoms with E-state index < -0.39 is 145 Å². The molecule has 0 spiro atoms. The van der Waals surface area contributed by atoms with Gasteiger partial charge < -0.3 is 90.6 Å². The highest BCUT2D eigenvalue weighted by Gasteiger charge is 2.40. The number of pyridine rings is 1. The number of aliphatic hydroxyl groups is 1. The summed E-state index contributed by atoms with van der Waals surface area (Å²) in [6.45, 7) is 2.97. The Morgan fingerprint density at radius 3 is 1.66 bits per heavy atom. The Morgan fingerprint density at radius 2 is 1.10 bits per heavy atom. The third-order valence-electron chi connectivity index (χ3n) is 17.0. The lowest BCUT2D eigenvalue weighted by Crippen LogP contribution is -2.61. The summed E-state index contributed by atoms with van der Waals surface area (Å²) in [5.74, 6) is -10.8. The zero-order chi connectivity index (χ0) is 76.7. The van der Waals surface area contributed by atoms with E-state index in [0.29, 0.717) is 33.9 Å². The number of nitrogens with zero attached hydrogens (tertiary/aromatic N) is 4. The normalized spacial score (nSPS) is 14.7. The van der Waals surface area contributed by atoms with Gasteiger partial charge in [0, 0.05) is 75.2 Å². The monoisotopic (exact) mass is 1470 g/mol. The number of halogens is 1. The summed E-state index contributed by atoms with van der Waals surface area (Å²) in [6, 6.07) is 15.7. The maximum Gasteiger partial charge on any atom is 0.322 e. The molecule has 1 aliphatic rings. The van der Waals surface area contributed by atoms with Crippen molar-refractivity contribution in [3.05, 3.63) is 143 Å². The third-order valence-corrected chi connectivity index (χ3v) is 17.2. The molecule has 0 radical (unpaired) electrons. The van der Waals surface area contributed by atoms with Gasteiger partial charge in [-0.2, -0.15) is 0 Å². The van der Waals surface area contributed by atoms with E-state index in [1.54, 1.807) is 62.4 Å². The summed E-state index contributed by atoms with van der Waals surface area (Å²) < 4.78 is 5.25. The molecule has 1 aliphatic heterocycles. The molecule has 105 heavy (non-hydrogen) atoms. The zero-order valence-electron chi connectivity index (χ0n) is 58.9. The van der Waals surface area contributed by atoms with Gasteiger partial charge in [-0.25, -0.2) is 0 Å². The lowest BCUT2D eigenvalue weighted by atomic mass is 9.99. The molecular weight excluding hydrogens is 1380 g/mol. The Labute approximate surface area is 612 Å². The number of hydrogen-bond acceptors (Lipinski definition) is 17. The minimum absolute atomic E-state index is 0.00512. The number of carboxylic acids is 1. The van der Waals surface area contributed by atoms with Crippen LogP contribution in [0.4, 0.5) is 0 Å². The van der Waals surface area contributed by atoms with Gasteiger partial charge in [0.1, 0.15) is 66.7 Å². The van der Waals surface area contributed by atoms with E-state index in [1.807, 2.05) is 42.5 Å². The van der Waals surface area contributed by atoms with Crippen LogP contribution in [0.15, 0.2) is 126 Å². The number of ketones is 1. The summed E-state index contributed by atoms with van der Waals surface area (Å²) in [5, 5.41) is 45.9. The van der Waals surface area contributed by atoms with E-state index in [2.05, 4.69) is 62.8 Å². The number of fused-ring (bicyclic) bond motifs is 1. The van der Waals surface area contributed by atoms with Gasteiger partial charge in [0.2, 0.25) is 59.1 Å². The molecule has 4 aromatic carbocycles. The number of amides is 10. The van der Waals surface area contributed by atoms with Gasteiger partial charge in [-0.05, 0) is 127 Å². The number of methoxy groups -OCH3 is 1. The van der Waals surface area contributed by atoms with Crippen LogP contribution in [0.25, 0.3) is 10.8 Å². The number of aliphatic carboxylic acids is 1. The van der Waals surface area contributed by atoms with Gasteiger partial charge in [0.15, 0.2) is 17.7 Å². The van der Waals surface area contributed by atoms with Crippen LogP contribution in [0, 0.1) is 5.92 Å². The fourth-order valence-corrected chi connectivity index (χ4v) is 11.8. The van der Waals surface area contributed by atoms with Crippen LogP contribution in [0.5, 0.6) is 5.75 Å². The highest BCUT2D eigenvalue weighted by Crippen LogP contribution is 2.23. The highest BCUT2D eigenvalue weighted by molar-refractivity contribution is 6.30. The van der Waals surface area contributed by atoms with Crippen molar-refractivity contribution in [2.24, 2.45) is 38.8 Å². The molecule has 5 aromatic rings.